The molecule has 12 heteroatoms. The number of fused-ring (bicyclic) bond motifs is 1. The van der Waals surface area contributed by atoms with Gasteiger partial charge in [-0.1, -0.05) is 18.2 Å². The third kappa shape index (κ3) is 6.74. The molecule has 0 spiro atoms. The second-order valence-corrected chi connectivity index (χ2v) is 10.3. The molecule has 2 heterocycles. The highest BCUT2D eigenvalue weighted by Gasteiger charge is 2.30. The van der Waals surface area contributed by atoms with Crippen molar-refractivity contribution in [1.29, 1.82) is 0 Å². The number of imidazole rings is 1. The number of rotatable bonds is 10. The Morgan fingerprint density at radius 1 is 1.18 bits per heavy atom. The van der Waals surface area contributed by atoms with Crippen molar-refractivity contribution in [3.8, 4) is 5.75 Å². The maximum absolute atomic E-state index is 13.4. The van der Waals surface area contributed by atoms with Crippen LogP contribution in [0, 0.1) is 5.41 Å². The number of hydrogen-bond acceptors (Lipinski definition) is 10. The first-order chi connectivity index (χ1) is 15.6. The van der Waals surface area contributed by atoms with Crippen molar-refractivity contribution in [2.45, 2.75) is 40.3 Å². The van der Waals surface area contributed by atoms with Crippen molar-refractivity contribution >= 4 is 30.5 Å². The first-order valence-electron chi connectivity index (χ1n) is 10.3. The second kappa shape index (κ2) is 10.3. The molecule has 3 aromatic rings. The number of aromatic nitrogens is 4. The van der Waals surface area contributed by atoms with Gasteiger partial charge in [-0.15, -0.1) is 0 Å². The van der Waals surface area contributed by atoms with E-state index < -0.39 is 31.9 Å². The van der Waals surface area contributed by atoms with E-state index in [1.807, 2.05) is 0 Å². The molecule has 0 aliphatic rings. The quantitative estimate of drug-likeness (QED) is 0.261. The zero-order chi connectivity index (χ0) is 24.1. The number of nitrogens with two attached hydrogens (primary N) is 1. The largest absolute Gasteiger partial charge is 0.438 e. The molecule has 0 radical (unpaired) electrons. The van der Waals surface area contributed by atoms with Gasteiger partial charge in [-0.2, -0.15) is 0 Å². The standard InChI is InChI=1S/C21H28N5O6P/c1-15(10-26-12-25-17-18(22)23-11-24-19(17)26)30-14-33(28,32-16-8-6-5-7-9-16)31-13-29-20(27)21(2,3)4/h5-9,11-12,15H,10,13-14H2,1-4H3,(H2,22,23,24)/t15?,33-/m0/s1. The normalized spacial score (nSPS) is 14.5. The van der Waals surface area contributed by atoms with Crippen LogP contribution in [-0.2, 0) is 29.9 Å². The van der Waals surface area contributed by atoms with Crippen LogP contribution >= 0.6 is 7.60 Å². The minimum Gasteiger partial charge on any atom is -0.438 e. The molecule has 2 N–H and O–H groups in total. The number of anilines is 1. The topological polar surface area (TPSA) is 141 Å². The number of carbonyl (C=O) groups is 1. The van der Waals surface area contributed by atoms with Gasteiger partial charge in [-0.05, 0) is 39.8 Å². The molecule has 3 rings (SSSR count). The zero-order valence-corrected chi connectivity index (χ0v) is 19.9. The third-order valence-corrected chi connectivity index (χ3v) is 5.89. The molecular weight excluding hydrogens is 449 g/mol. The van der Waals surface area contributed by atoms with E-state index in [4.69, 9.17) is 24.3 Å². The van der Waals surface area contributed by atoms with Crippen molar-refractivity contribution in [3.63, 3.8) is 0 Å². The second-order valence-electron chi connectivity index (χ2n) is 8.38. The van der Waals surface area contributed by atoms with E-state index in [-0.39, 0.29) is 12.2 Å². The fourth-order valence-corrected chi connectivity index (χ4v) is 3.96. The summed E-state index contributed by atoms with van der Waals surface area (Å²) < 4.78 is 37.0. The number of nitrogens with zero attached hydrogens (tertiary/aromatic N) is 4. The van der Waals surface area contributed by atoms with Crippen LogP contribution in [0.1, 0.15) is 27.7 Å². The van der Waals surface area contributed by atoms with Crippen molar-refractivity contribution in [2.75, 3.05) is 18.9 Å². The van der Waals surface area contributed by atoms with Crippen molar-refractivity contribution in [1.82, 2.24) is 19.5 Å². The molecule has 0 aliphatic carbocycles. The summed E-state index contributed by atoms with van der Waals surface area (Å²) in [5, 5.41) is 0. The van der Waals surface area contributed by atoms with Crippen LogP contribution in [0.3, 0.4) is 0 Å². The molecule has 0 amide bonds. The molecule has 0 aliphatic heterocycles. The summed E-state index contributed by atoms with van der Waals surface area (Å²) in [6.07, 6.45) is 2.17. The minimum atomic E-state index is -3.82. The summed E-state index contributed by atoms with van der Waals surface area (Å²) in [6, 6.07) is 8.56. The SMILES string of the molecule is CC(Cn1cnc2c(N)ncnc21)OC[P@](=O)(OCOC(=O)C(C)(C)C)Oc1ccccc1. The van der Waals surface area contributed by atoms with Gasteiger partial charge in [0.25, 0.3) is 0 Å². The Hall–Kier alpha value is -3.01. The minimum absolute atomic E-state index is 0.284. The predicted molar refractivity (Wildman–Crippen MR) is 121 cm³/mol. The van der Waals surface area contributed by atoms with E-state index in [1.165, 1.54) is 6.33 Å². The van der Waals surface area contributed by atoms with Crippen LogP contribution in [0.15, 0.2) is 43.0 Å². The van der Waals surface area contributed by atoms with E-state index >= 15 is 0 Å². The lowest BCUT2D eigenvalue weighted by Crippen LogP contribution is -2.24. The number of para-hydroxylation sites is 1. The van der Waals surface area contributed by atoms with Gasteiger partial charge in [0.1, 0.15) is 17.6 Å². The fourth-order valence-electron chi connectivity index (χ4n) is 2.69. The van der Waals surface area contributed by atoms with Gasteiger partial charge in [-0.3, -0.25) is 9.32 Å². The molecule has 0 saturated carbocycles. The summed E-state index contributed by atoms with van der Waals surface area (Å²) in [4.78, 5) is 24.3. The summed E-state index contributed by atoms with van der Waals surface area (Å²) in [6.45, 7) is 6.75. The number of carbonyl (C=O) groups excluding carboxylic acids is 1. The van der Waals surface area contributed by atoms with E-state index in [0.29, 0.717) is 23.5 Å². The Kier molecular flexibility index (Phi) is 7.68. The molecule has 0 saturated heterocycles. The molecule has 11 nitrogen and oxygen atoms in total. The molecule has 2 atom stereocenters. The smallest absolute Gasteiger partial charge is 0.407 e. The molecule has 0 fully saturated rings. The van der Waals surface area contributed by atoms with Crippen LogP contribution in [0.5, 0.6) is 5.75 Å². The Labute approximate surface area is 191 Å². The number of benzene rings is 1. The van der Waals surface area contributed by atoms with Crippen molar-refractivity contribution < 1.29 is 27.9 Å². The van der Waals surface area contributed by atoms with Crippen LogP contribution in [-0.4, -0.2) is 44.7 Å². The van der Waals surface area contributed by atoms with Crippen LogP contribution < -0.4 is 10.3 Å². The molecule has 33 heavy (non-hydrogen) atoms. The highest BCUT2D eigenvalue weighted by Crippen LogP contribution is 2.48. The molecule has 1 unspecified atom stereocenters. The fraction of sp³-hybridized carbons (Fsp3) is 0.429. The first-order valence-corrected chi connectivity index (χ1v) is 12.0. The van der Waals surface area contributed by atoms with Gasteiger partial charge in [0.05, 0.1) is 24.4 Å². The lowest BCUT2D eigenvalue weighted by molar-refractivity contribution is -0.160. The third-order valence-electron chi connectivity index (χ3n) is 4.44. The van der Waals surface area contributed by atoms with E-state index in [2.05, 4.69) is 15.0 Å². The van der Waals surface area contributed by atoms with Crippen molar-refractivity contribution in [2.24, 2.45) is 5.41 Å². The average molecular weight is 477 g/mol. The Morgan fingerprint density at radius 2 is 1.91 bits per heavy atom. The number of hydrogen-bond donors (Lipinski definition) is 1. The molecule has 0 bridgehead atoms. The summed E-state index contributed by atoms with van der Waals surface area (Å²) in [5.41, 5.74) is 6.15. The summed E-state index contributed by atoms with van der Waals surface area (Å²) in [7, 11) is -3.82. The van der Waals surface area contributed by atoms with E-state index in [0.717, 1.165) is 0 Å². The van der Waals surface area contributed by atoms with Gasteiger partial charge in [0, 0.05) is 0 Å². The molecular formula is C21H28N5O6P. The van der Waals surface area contributed by atoms with Crippen LogP contribution in [0.2, 0.25) is 0 Å². The van der Waals surface area contributed by atoms with Gasteiger partial charge in [0.15, 0.2) is 17.8 Å². The van der Waals surface area contributed by atoms with Gasteiger partial charge >= 0.3 is 13.6 Å². The van der Waals surface area contributed by atoms with E-state index in [9.17, 15) is 9.36 Å². The lowest BCUT2D eigenvalue weighted by atomic mass is 9.98. The van der Waals surface area contributed by atoms with Gasteiger partial charge in [0.2, 0.25) is 6.79 Å². The van der Waals surface area contributed by atoms with Gasteiger partial charge in [-0.25, -0.2) is 19.5 Å². The average Bonchev–Trinajstić information content (AvgIpc) is 3.16. The number of esters is 1. The molecule has 1 aromatic carbocycles. The van der Waals surface area contributed by atoms with Crippen LogP contribution in [0.4, 0.5) is 5.82 Å². The number of ether oxygens (including phenoxy) is 2. The van der Waals surface area contributed by atoms with Crippen LogP contribution in [0.25, 0.3) is 11.2 Å². The predicted octanol–water partition coefficient (Wildman–Crippen LogP) is 3.61. The maximum atomic E-state index is 13.4. The highest BCUT2D eigenvalue weighted by molar-refractivity contribution is 7.54. The molecule has 178 valence electrons. The highest BCUT2D eigenvalue weighted by atomic mass is 31.2. The van der Waals surface area contributed by atoms with Gasteiger partial charge < -0.3 is 24.3 Å². The monoisotopic (exact) mass is 477 g/mol. The first kappa shape index (κ1) is 24.6. The zero-order valence-electron chi connectivity index (χ0n) is 19.0. The van der Waals surface area contributed by atoms with Crippen molar-refractivity contribution in [3.05, 3.63) is 43.0 Å². The lowest BCUT2D eigenvalue weighted by Gasteiger charge is -2.22. The maximum Gasteiger partial charge on any atom is 0.407 e. The summed E-state index contributed by atoms with van der Waals surface area (Å²) in [5.74, 6) is 0.134. The van der Waals surface area contributed by atoms with E-state index in [1.54, 1.807) is 68.9 Å². The Balaban J connectivity index is 1.65. The Morgan fingerprint density at radius 3 is 2.61 bits per heavy atom. The molecule has 2 aromatic heterocycles. The number of nitrogen functional groups attached to an aromatic ring is 1. The Bertz CT molecular complexity index is 1130. The summed E-state index contributed by atoms with van der Waals surface area (Å²) >= 11 is 0.